The maximum absolute atomic E-state index is 12.3. The molecule has 0 aromatic heterocycles. The summed E-state index contributed by atoms with van der Waals surface area (Å²) in [7, 11) is 0. The highest BCUT2D eigenvalue weighted by molar-refractivity contribution is 5.83. The van der Waals surface area contributed by atoms with Crippen molar-refractivity contribution in [1.82, 2.24) is 9.80 Å². The third-order valence-electron chi connectivity index (χ3n) is 3.49. The van der Waals surface area contributed by atoms with E-state index in [2.05, 4.69) is 0 Å². The summed E-state index contributed by atoms with van der Waals surface area (Å²) in [4.78, 5) is 26.0. The zero-order chi connectivity index (χ0) is 14.0. The zero-order valence-electron chi connectivity index (χ0n) is 10.4. The smallest absolute Gasteiger partial charge is 0.326 e. The molecule has 2 saturated heterocycles. The van der Waals surface area contributed by atoms with Crippen molar-refractivity contribution < 1.29 is 29.6 Å². The van der Waals surface area contributed by atoms with Crippen LogP contribution < -0.4 is 0 Å². The molecule has 2 rings (SSSR count). The summed E-state index contributed by atoms with van der Waals surface area (Å²) >= 11 is 0. The lowest BCUT2D eigenvalue weighted by Crippen LogP contribution is -2.56. The molecule has 2 heterocycles. The van der Waals surface area contributed by atoms with Crippen LogP contribution in [0, 0.1) is 0 Å². The van der Waals surface area contributed by atoms with Crippen LogP contribution in [-0.2, 0) is 9.53 Å². The largest absolute Gasteiger partial charge is 0.480 e. The topological polar surface area (TPSA) is 111 Å². The summed E-state index contributed by atoms with van der Waals surface area (Å²) in [5.74, 6) is -1.13. The number of likely N-dealkylation sites (tertiary alicyclic amines) is 1. The van der Waals surface area contributed by atoms with Crippen LogP contribution in [0.15, 0.2) is 0 Å². The molecule has 0 aromatic carbocycles. The van der Waals surface area contributed by atoms with Crippen molar-refractivity contribution in [3.8, 4) is 0 Å². The van der Waals surface area contributed by atoms with Gasteiger partial charge in [-0.3, -0.25) is 0 Å². The molecule has 3 unspecified atom stereocenters. The van der Waals surface area contributed by atoms with Gasteiger partial charge < -0.3 is 29.9 Å². The number of carboxylic acid groups (broad SMARTS) is 1. The number of aliphatic hydroxyl groups excluding tert-OH is 2. The minimum Gasteiger partial charge on any atom is -0.480 e. The second-order valence-corrected chi connectivity index (χ2v) is 4.78. The summed E-state index contributed by atoms with van der Waals surface area (Å²) < 4.78 is 5.17. The predicted octanol–water partition coefficient (Wildman–Crippen LogP) is -1.68. The van der Waals surface area contributed by atoms with Gasteiger partial charge in [-0.25, -0.2) is 9.59 Å². The van der Waals surface area contributed by atoms with E-state index in [1.807, 2.05) is 0 Å². The van der Waals surface area contributed by atoms with Gasteiger partial charge in [0, 0.05) is 19.5 Å². The molecule has 8 nitrogen and oxygen atoms in total. The number of β-amino-alcohol motifs (C(OH)–C–C–N with tert-alkyl or cyclic N) is 1. The number of ether oxygens (including phenoxy) is 1. The van der Waals surface area contributed by atoms with Gasteiger partial charge in [0.2, 0.25) is 0 Å². The van der Waals surface area contributed by atoms with E-state index in [4.69, 9.17) is 9.84 Å². The molecule has 2 aliphatic heterocycles. The fourth-order valence-corrected chi connectivity index (χ4v) is 2.48. The van der Waals surface area contributed by atoms with Crippen LogP contribution in [0.2, 0.25) is 0 Å². The van der Waals surface area contributed by atoms with Gasteiger partial charge in [-0.2, -0.15) is 0 Å². The van der Waals surface area contributed by atoms with E-state index in [0.717, 1.165) is 4.90 Å². The molecule has 108 valence electrons. The number of hydrogen-bond acceptors (Lipinski definition) is 5. The summed E-state index contributed by atoms with van der Waals surface area (Å²) in [6.45, 7) is 0.668. The first kappa shape index (κ1) is 14.0. The monoisotopic (exact) mass is 274 g/mol. The van der Waals surface area contributed by atoms with E-state index < -0.39 is 30.2 Å². The Labute approximate surface area is 110 Å². The van der Waals surface area contributed by atoms with Crippen LogP contribution >= 0.6 is 0 Å². The lowest BCUT2D eigenvalue weighted by molar-refractivity contribution is -0.141. The summed E-state index contributed by atoms with van der Waals surface area (Å²) in [6.07, 6.45) is -0.784. The van der Waals surface area contributed by atoms with Gasteiger partial charge in [0.15, 0.2) is 0 Å². The van der Waals surface area contributed by atoms with Gasteiger partial charge in [0.05, 0.1) is 32.0 Å². The number of aliphatic hydroxyl groups is 2. The second kappa shape index (κ2) is 5.72. The Morgan fingerprint density at radius 1 is 1.32 bits per heavy atom. The molecular weight excluding hydrogens is 256 g/mol. The first-order valence-electron chi connectivity index (χ1n) is 6.21. The highest BCUT2D eigenvalue weighted by Gasteiger charge is 2.42. The summed E-state index contributed by atoms with van der Waals surface area (Å²) in [6, 6.07) is -1.94. The Bertz CT molecular complexity index is 363. The lowest BCUT2D eigenvalue weighted by atomic mass is 10.2. The van der Waals surface area contributed by atoms with E-state index in [9.17, 15) is 19.8 Å². The van der Waals surface area contributed by atoms with Crippen LogP contribution in [0.4, 0.5) is 4.79 Å². The first-order chi connectivity index (χ1) is 9.04. The number of carboxylic acids is 1. The molecule has 0 aromatic rings. The Kier molecular flexibility index (Phi) is 4.23. The fraction of sp³-hybridized carbons (Fsp3) is 0.818. The number of amides is 2. The second-order valence-electron chi connectivity index (χ2n) is 4.78. The maximum Gasteiger partial charge on any atom is 0.326 e. The SMILES string of the molecule is O=C(O)C1CC(O)CN1C(=O)N1CCOCC1CO. The van der Waals surface area contributed by atoms with Crippen molar-refractivity contribution in [2.45, 2.75) is 24.6 Å². The molecule has 0 aliphatic carbocycles. The van der Waals surface area contributed by atoms with Crippen molar-refractivity contribution in [1.29, 1.82) is 0 Å². The Hall–Kier alpha value is -1.38. The van der Waals surface area contributed by atoms with E-state index in [1.165, 1.54) is 4.90 Å². The number of carbonyl (C=O) groups excluding carboxylic acids is 1. The average molecular weight is 274 g/mol. The number of rotatable bonds is 2. The maximum atomic E-state index is 12.3. The third-order valence-corrected chi connectivity index (χ3v) is 3.49. The molecule has 0 radical (unpaired) electrons. The fourth-order valence-electron chi connectivity index (χ4n) is 2.48. The van der Waals surface area contributed by atoms with Gasteiger partial charge >= 0.3 is 12.0 Å². The number of morpholine rings is 1. The van der Waals surface area contributed by atoms with E-state index >= 15 is 0 Å². The molecule has 2 fully saturated rings. The molecule has 0 spiro atoms. The number of nitrogens with zero attached hydrogens (tertiary/aromatic N) is 2. The van der Waals surface area contributed by atoms with Crippen LogP contribution in [-0.4, -0.2) is 88.2 Å². The lowest BCUT2D eigenvalue weighted by Gasteiger charge is -2.37. The molecule has 2 amide bonds. The standard InChI is InChI=1S/C11H18N2O6/c14-5-7-6-19-2-1-12(7)11(18)13-4-8(15)3-9(13)10(16)17/h7-9,14-15H,1-6H2,(H,16,17). The van der Waals surface area contributed by atoms with Crippen molar-refractivity contribution in [3.05, 3.63) is 0 Å². The van der Waals surface area contributed by atoms with Gasteiger partial charge in [-0.15, -0.1) is 0 Å². The Balaban J connectivity index is 2.11. The van der Waals surface area contributed by atoms with Gasteiger partial charge in [-0.05, 0) is 0 Å². The number of urea groups is 1. The molecular formula is C11H18N2O6. The molecule has 2 aliphatic rings. The highest BCUT2D eigenvalue weighted by atomic mass is 16.5. The minimum absolute atomic E-state index is 0.00526. The molecule has 0 saturated carbocycles. The normalized spacial score (nSPS) is 31.6. The van der Waals surface area contributed by atoms with Crippen LogP contribution in [0.5, 0.6) is 0 Å². The molecule has 8 heteroatoms. The highest BCUT2D eigenvalue weighted by Crippen LogP contribution is 2.21. The molecule has 3 atom stereocenters. The Morgan fingerprint density at radius 3 is 2.68 bits per heavy atom. The minimum atomic E-state index is -1.13. The summed E-state index contributed by atoms with van der Waals surface area (Å²) in [5, 5.41) is 27.8. The van der Waals surface area contributed by atoms with E-state index in [0.29, 0.717) is 13.2 Å². The quantitative estimate of drug-likeness (QED) is 0.554. The van der Waals surface area contributed by atoms with Crippen LogP contribution in [0.25, 0.3) is 0 Å². The van der Waals surface area contributed by atoms with Crippen molar-refractivity contribution in [3.63, 3.8) is 0 Å². The van der Waals surface area contributed by atoms with E-state index in [-0.39, 0.29) is 26.2 Å². The molecule has 3 N–H and O–H groups in total. The predicted molar refractivity (Wildman–Crippen MR) is 62.5 cm³/mol. The number of aliphatic carboxylic acids is 1. The number of hydrogen-bond donors (Lipinski definition) is 3. The Morgan fingerprint density at radius 2 is 2.05 bits per heavy atom. The number of carbonyl (C=O) groups is 2. The molecule has 0 bridgehead atoms. The van der Waals surface area contributed by atoms with Crippen molar-refractivity contribution in [2.75, 3.05) is 32.9 Å². The van der Waals surface area contributed by atoms with Crippen molar-refractivity contribution in [2.24, 2.45) is 0 Å². The summed E-state index contributed by atoms with van der Waals surface area (Å²) in [5.41, 5.74) is 0. The molecule has 19 heavy (non-hydrogen) atoms. The van der Waals surface area contributed by atoms with E-state index in [1.54, 1.807) is 0 Å². The van der Waals surface area contributed by atoms with Crippen LogP contribution in [0.1, 0.15) is 6.42 Å². The third kappa shape index (κ3) is 2.80. The average Bonchev–Trinajstić information content (AvgIpc) is 2.80. The van der Waals surface area contributed by atoms with Crippen LogP contribution in [0.3, 0.4) is 0 Å². The van der Waals surface area contributed by atoms with Gasteiger partial charge in [0.25, 0.3) is 0 Å². The van der Waals surface area contributed by atoms with Gasteiger partial charge in [-0.1, -0.05) is 0 Å². The van der Waals surface area contributed by atoms with Gasteiger partial charge in [0.1, 0.15) is 6.04 Å². The first-order valence-corrected chi connectivity index (χ1v) is 6.21. The zero-order valence-corrected chi connectivity index (χ0v) is 10.4. The van der Waals surface area contributed by atoms with Crippen molar-refractivity contribution >= 4 is 12.0 Å².